The average molecular weight is 353 g/mol. The molecule has 0 aliphatic heterocycles. The summed E-state index contributed by atoms with van der Waals surface area (Å²) >= 11 is 0. The van der Waals surface area contributed by atoms with E-state index in [9.17, 15) is 13.2 Å². The van der Waals surface area contributed by atoms with Gasteiger partial charge in [0.05, 0.1) is 17.4 Å². The maximum Gasteiger partial charge on any atom is 0.317 e. The molecule has 0 spiro atoms. The number of carbonyl (C=O) groups excluding carboxylic acids is 1. The van der Waals surface area contributed by atoms with Crippen molar-refractivity contribution in [2.75, 3.05) is 12.8 Å². The van der Waals surface area contributed by atoms with Gasteiger partial charge in [0.1, 0.15) is 11.6 Å². The summed E-state index contributed by atoms with van der Waals surface area (Å²) in [5, 5.41) is 3.78. The molecule has 1 aromatic carbocycles. The van der Waals surface area contributed by atoms with Gasteiger partial charge in [-0.05, 0) is 45.0 Å². The Morgan fingerprint density at radius 1 is 1.21 bits per heavy atom. The Bertz CT molecular complexity index is 848. The lowest BCUT2D eigenvalue weighted by Crippen LogP contribution is -2.26. The van der Waals surface area contributed by atoms with E-state index >= 15 is 0 Å². The van der Waals surface area contributed by atoms with Gasteiger partial charge in [-0.1, -0.05) is 0 Å². The highest BCUT2D eigenvalue weighted by atomic mass is 32.2. The second-order valence-corrected chi connectivity index (χ2v) is 7.84. The standard InChI is InChI=1S/C15H19N3O5S/c1-15(2,3)14(19)23-13-9-12(16)18(17-13)24(20,21)11-7-5-10(22-4)6-8-11/h5-9H,16H2,1-4H3. The molecule has 1 aromatic heterocycles. The molecule has 0 saturated carbocycles. The minimum absolute atomic E-state index is 0.0215. The smallest absolute Gasteiger partial charge is 0.317 e. The van der Waals surface area contributed by atoms with Gasteiger partial charge in [0.25, 0.3) is 10.0 Å². The molecule has 8 nitrogen and oxygen atoms in total. The number of nitrogens with zero attached hydrogens (tertiary/aromatic N) is 2. The van der Waals surface area contributed by atoms with E-state index in [1.807, 2.05) is 0 Å². The molecule has 0 saturated heterocycles. The normalized spacial score (nSPS) is 12.0. The maximum absolute atomic E-state index is 12.6. The van der Waals surface area contributed by atoms with Gasteiger partial charge in [0, 0.05) is 6.07 Å². The lowest BCUT2D eigenvalue weighted by molar-refractivity contribution is -0.143. The Morgan fingerprint density at radius 2 is 1.79 bits per heavy atom. The molecule has 2 N–H and O–H groups in total. The number of rotatable bonds is 4. The predicted molar refractivity (Wildman–Crippen MR) is 87.3 cm³/mol. The number of nitrogens with two attached hydrogens (primary N) is 1. The van der Waals surface area contributed by atoms with Crippen molar-refractivity contribution in [2.24, 2.45) is 5.41 Å². The molecule has 0 amide bonds. The van der Waals surface area contributed by atoms with Gasteiger partial charge in [-0.2, -0.15) is 8.42 Å². The molecule has 0 atom stereocenters. The van der Waals surface area contributed by atoms with E-state index in [2.05, 4.69) is 5.10 Å². The third kappa shape index (κ3) is 3.51. The first-order chi connectivity index (χ1) is 11.1. The summed E-state index contributed by atoms with van der Waals surface area (Å²) in [4.78, 5) is 11.8. The van der Waals surface area contributed by atoms with Crippen molar-refractivity contribution < 1.29 is 22.7 Å². The summed E-state index contributed by atoms with van der Waals surface area (Å²) in [5.74, 6) is -0.372. The van der Waals surface area contributed by atoms with E-state index in [0.717, 1.165) is 0 Å². The summed E-state index contributed by atoms with van der Waals surface area (Å²) < 4.78 is 35.9. The molecule has 2 aromatic rings. The van der Waals surface area contributed by atoms with Crippen LogP contribution in [-0.2, 0) is 14.8 Å². The van der Waals surface area contributed by atoms with Crippen LogP contribution in [0.3, 0.4) is 0 Å². The van der Waals surface area contributed by atoms with Gasteiger partial charge in [0.15, 0.2) is 0 Å². The molecule has 0 bridgehead atoms. The lowest BCUT2D eigenvalue weighted by atomic mass is 9.97. The highest BCUT2D eigenvalue weighted by Gasteiger charge is 2.27. The van der Waals surface area contributed by atoms with Gasteiger partial charge in [0.2, 0.25) is 5.88 Å². The van der Waals surface area contributed by atoms with Crippen molar-refractivity contribution in [3.8, 4) is 11.6 Å². The Hall–Kier alpha value is -2.55. The van der Waals surface area contributed by atoms with Gasteiger partial charge >= 0.3 is 5.97 Å². The minimum atomic E-state index is -4.01. The number of nitrogen functional groups attached to an aromatic ring is 1. The van der Waals surface area contributed by atoms with Crippen molar-refractivity contribution in [1.29, 1.82) is 0 Å². The topological polar surface area (TPSA) is 114 Å². The first kappa shape index (κ1) is 17.8. The van der Waals surface area contributed by atoms with E-state index in [0.29, 0.717) is 9.84 Å². The Balaban J connectivity index is 2.36. The number of carbonyl (C=O) groups is 1. The molecule has 0 radical (unpaired) electrons. The number of esters is 1. The molecular formula is C15H19N3O5S. The predicted octanol–water partition coefficient (Wildman–Crippen LogP) is 1.66. The molecule has 9 heteroatoms. The highest BCUT2D eigenvalue weighted by molar-refractivity contribution is 7.90. The summed E-state index contributed by atoms with van der Waals surface area (Å²) in [6, 6.07) is 6.94. The molecule has 1 heterocycles. The SMILES string of the molecule is COc1ccc(S(=O)(=O)n2nc(OC(=O)C(C)(C)C)cc2N)cc1. The third-order valence-electron chi connectivity index (χ3n) is 3.08. The van der Waals surface area contributed by atoms with Gasteiger partial charge in [-0.15, -0.1) is 9.19 Å². The largest absolute Gasteiger partial charge is 0.497 e. The molecule has 2 rings (SSSR count). The van der Waals surface area contributed by atoms with Crippen molar-refractivity contribution in [3.63, 3.8) is 0 Å². The van der Waals surface area contributed by atoms with Crippen molar-refractivity contribution in [2.45, 2.75) is 25.7 Å². The summed E-state index contributed by atoms with van der Waals surface area (Å²) in [5.41, 5.74) is 4.95. The van der Waals surface area contributed by atoms with Crippen LogP contribution in [0.25, 0.3) is 0 Å². The van der Waals surface area contributed by atoms with Crippen LogP contribution in [0.4, 0.5) is 5.82 Å². The number of ether oxygens (including phenoxy) is 2. The number of hydrogen-bond donors (Lipinski definition) is 1. The van der Waals surface area contributed by atoms with Crippen LogP contribution in [0, 0.1) is 5.41 Å². The minimum Gasteiger partial charge on any atom is -0.497 e. The van der Waals surface area contributed by atoms with Gasteiger partial charge < -0.3 is 15.2 Å². The fraction of sp³-hybridized carbons (Fsp3) is 0.333. The van der Waals surface area contributed by atoms with Crippen molar-refractivity contribution >= 4 is 21.8 Å². The van der Waals surface area contributed by atoms with Crippen LogP contribution in [-0.4, -0.2) is 30.7 Å². The fourth-order valence-corrected chi connectivity index (χ4v) is 2.89. The molecule has 24 heavy (non-hydrogen) atoms. The Labute approximate surface area is 140 Å². The van der Waals surface area contributed by atoms with E-state index in [1.54, 1.807) is 20.8 Å². The number of anilines is 1. The highest BCUT2D eigenvalue weighted by Crippen LogP contribution is 2.24. The summed E-state index contributed by atoms with van der Waals surface area (Å²) in [6.07, 6.45) is 0. The lowest BCUT2D eigenvalue weighted by Gasteiger charge is -2.14. The molecule has 0 aliphatic carbocycles. The zero-order valence-corrected chi connectivity index (χ0v) is 14.6. The van der Waals surface area contributed by atoms with E-state index in [-0.39, 0.29) is 16.6 Å². The number of aromatic nitrogens is 2. The average Bonchev–Trinajstić information content (AvgIpc) is 2.87. The van der Waals surface area contributed by atoms with Crippen molar-refractivity contribution in [1.82, 2.24) is 9.19 Å². The monoisotopic (exact) mass is 353 g/mol. The van der Waals surface area contributed by atoms with Crippen LogP contribution in [0.15, 0.2) is 35.2 Å². The van der Waals surface area contributed by atoms with Crippen LogP contribution >= 0.6 is 0 Å². The molecule has 130 valence electrons. The second-order valence-electron chi connectivity index (χ2n) is 6.07. The number of methoxy groups -OCH3 is 1. The number of benzene rings is 1. The Morgan fingerprint density at radius 3 is 2.29 bits per heavy atom. The molecule has 0 aliphatic rings. The number of hydrogen-bond acceptors (Lipinski definition) is 7. The fourth-order valence-electron chi connectivity index (χ4n) is 1.70. The van der Waals surface area contributed by atoms with Crippen LogP contribution < -0.4 is 15.2 Å². The van der Waals surface area contributed by atoms with Crippen LogP contribution in [0.2, 0.25) is 0 Å². The second kappa shape index (κ2) is 6.16. The van der Waals surface area contributed by atoms with Crippen LogP contribution in [0.5, 0.6) is 11.6 Å². The summed E-state index contributed by atoms with van der Waals surface area (Å²) in [7, 11) is -2.53. The summed E-state index contributed by atoms with van der Waals surface area (Å²) in [6.45, 7) is 5.01. The molecule has 0 fully saturated rings. The van der Waals surface area contributed by atoms with E-state index in [4.69, 9.17) is 15.2 Å². The first-order valence-electron chi connectivity index (χ1n) is 7.03. The quantitative estimate of drug-likeness (QED) is 0.832. The van der Waals surface area contributed by atoms with Gasteiger partial charge in [-0.25, -0.2) is 0 Å². The zero-order valence-electron chi connectivity index (χ0n) is 13.8. The van der Waals surface area contributed by atoms with Crippen molar-refractivity contribution in [3.05, 3.63) is 30.3 Å². The Kier molecular flexibility index (Phi) is 4.57. The zero-order chi connectivity index (χ0) is 18.1. The first-order valence-corrected chi connectivity index (χ1v) is 8.47. The van der Waals surface area contributed by atoms with Gasteiger partial charge in [-0.3, -0.25) is 4.79 Å². The van der Waals surface area contributed by atoms with E-state index < -0.39 is 21.4 Å². The van der Waals surface area contributed by atoms with E-state index in [1.165, 1.54) is 37.4 Å². The van der Waals surface area contributed by atoms with Crippen LogP contribution in [0.1, 0.15) is 20.8 Å². The maximum atomic E-state index is 12.6. The molecule has 0 unspecified atom stereocenters. The molecular weight excluding hydrogens is 334 g/mol. The third-order valence-corrected chi connectivity index (χ3v) is 4.69.